The van der Waals surface area contributed by atoms with Gasteiger partial charge < -0.3 is 16.2 Å². The quantitative estimate of drug-likeness (QED) is 0.264. The van der Waals surface area contributed by atoms with E-state index >= 15 is 0 Å². The first-order chi connectivity index (χ1) is 18.1. The van der Waals surface area contributed by atoms with Crippen LogP contribution in [0.15, 0.2) is 18.2 Å². The Kier molecular flexibility index (Phi) is 7.82. The molecule has 4 saturated carbocycles. The minimum absolute atomic E-state index is 0.168. The summed E-state index contributed by atoms with van der Waals surface area (Å²) >= 11 is 0. The Balaban J connectivity index is 1.35. The van der Waals surface area contributed by atoms with Gasteiger partial charge >= 0.3 is 0 Å². The average molecular weight is 523 g/mol. The molecule has 1 aromatic carbocycles. The van der Waals surface area contributed by atoms with E-state index in [1.807, 2.05) is 18.2 Å². The fourth-order valence-electron chi connectivity index (χ4n) is 11.3. The van der Waals surface area contributed by atoms with E-state index in [-0.39, 0.29) is 11.5 Å². The molecule has 5 rings (SSSR count). The zero-order valence-corrected chi connectivity index (χ0v) is 25.5. The van der Waals surface area contributed by atoms with Gasteiger partial charge in [-0.3, -0.25) is 0 Å². The van der Waals surface area contributed by atoms with Crippen LogP contribution >= 0.6 is 0 Å². The standard InChI is InChI=1S/C35H58N2O/c1-7-9-10-11-23(3)26-14-15-27-25-13-17-31-33(4,8-2)32(38-30-22-24(36)12-16-29(30)37)19-21-35(31,6)28(25)18-20-34(26,27)5/h12,16,22-23,25-28,31-32H,7-11,13-15,17-21,36-37H2,1-6H3. The molecule has 1 aromatic rings. The lowest BCUT2D eigenvalue weighted by Gasteiger charge is -2.65. The van der Waals surface area contributed by atoms with Gasteiger partial charge in [0, 0.05) is 17.2 Å². The molecule has 0 aliphatic heterocycles. The third-order valence-corrected chi connectivity index (χ3v) is 13.4. The summed E-state index contributed by atoms with van der Waals surface area (Å²) in [4.78, 5) is 0. The first-order valence-electron chi connectivity index (χ1n) is 16.4. The zero-order chi connectivity index (χ0) is 27.3. The molecule has 0 spiro atoms. The Hall–Kier alpha value is -1.38. The summed E-state index contributed by atoms with van der Waals surface area (Å²) in [6, 6.07) is 5.69. The second-order valence-corrected chi connectivity index (χ2v) is 15.0. The van der Waals surface area contributed by atoms with Crippen molar-refractivity contribution in [2.75, 3.05) is 11.5 Å². The van der Waals surface area contributed by atoms with E-state index < -0.39 is 0 Å². The Morgan fingerprint density at radius 1 is 0.895 bits per heavy atom. The maximum atomic E-state index is 6.76. The Morgan fingerprint density at radius 3 is 2.37 bits per heavy atom. The molecule has 4 aliphatic carbocycles. The summed E-state index contributed by atoms with van der Waals surface area (Å²) < 4.78 is 6.76. The summed E-state index contributed by atoms with van der Waals surface area (Å²) in [7, 11) is 0. The molecule has 0 heterocycles. The molecule has 0 saturated heterocycles. The number of unbranched alkanes of at least 4 members (excludes halogenated alkanes) is 2. The van der Waals surface area contributed by atoms with Crippen molar-refractivity contribution < 1.29 is 4.74 Å². The molecule has 0 bridgehead atoms. The average Bonchev–Trinajstić information content (AvgIpc) is 3.25. The summed E-state index contributed by atoms with van der Waals surface area (Å²) in [6.07, 6.45) is 18.1. The molecule has 4 N–H and O–H groups in total. The molecule has 38 heavy (non-hydrogen) atoms. The van der Waals surface area contributed by atoms with Gasteiger partial charge in [0.1, 0.15) is 11.9 Å². The van der Waals surface area contributed by atoms with Crippen molar-refractivity contribution in [2.24, 2.45) is 51.8 Å². The molecule has 10 unspecified atom stereocenters. The number of fused-ring (bicyclic) bond motifs is 5. The van der Waals surface area contributed by atoms with Crippen LogP contribution in [-0.4, -0.2) is 6.10 Å². The second-order valence-electron chi connectivity index (χ2n) is 15.0. The highest BCUT2D eigenvalue weighted by atomic mass is 16.5. The number of nitrogen functional groups attached to an aromatic ring is 2. The maximum Gasteiger partial charge on any atom is 0.144 e. The Labute approximate surface area is 234 Å². The number of anilines is 2. The highest BCUT2D eigenvalue weighted by molar-refractivity contribution is 5.59. The van der Waals surface area contributed by atoms with Gasteiger partial charge in [0.25, 0.3) is 0 Å². The van der Waals surface area contributed by atoms with Crippen LogP contribution in [0.4, 0.5) is 11.4 Å². The summed E-state index contributed by atoms with van der Waals surface area (Å²) in [5, 5.41) is 0. The van der Waals surface area contributed by atoms with E-state index in [9.17, 15) is 0 Å². The van der Waals surface area contributed by atoms with Crippen LogP contribution in [0.2, 0.25) is 0 Å². The monoisotopic (exact) mass is 522 g/mol. The van der Waals surface area contributed by atoms with Crippen molar-refractivity contribution in [2.45, 2.75) is 131 Å². The lowest BCUT2D eigenvalue weighted by atomic mass is 9.40. The van der Waals surface area contributed by atoms with E-state index in [4.69, 9.17) is 16.2 Å². The minimum Gasteiger partial charge on any atom is -0.488 e. The molecule has 3 nitrogen and oxygen atoms in total. The van der Waals surface area contributed by atoms with Crippen LogP contribution in [0.3, 0.4) is 0 Å². The fraction of sp³-hybridized carbons (Fsp3) is 0.829. The molecule has 0 radical (unpaired) electrons. The Bertz CT molecular complexity index is 977. The van der Waals surface area contributed by atoms with Gasteiger partial charge in [-0.2, -0.15) is 0 Å². The predicted molar refractivity (Wildman–Crippen MR) is 162 cm³/mol. The molecule has 0 aromatic heterocycles. The summed E-state index contributed by atoms with van der Waals surface area (Å²) in [5.74, 6) is 6.12. The normalized spacial score (nSPS) is 43.1. The van der Waals surface area contributed by atoms with E-state index in [1.54, 1.807) is 0 Å². The largest absolute Gasteiger partial charge is 0.488 e. The summed E-state index contributed by atoms with van der Waals surface area (Å²) in [6.45, 7) is 15.3. The molecular formula is C35H58N2O. The number of hydrogen-bond donors (Lipinski definition) is 2. The van der Waals surface area contributed by atoms with E-state index in [1.165, 1.54) is 70.6 Å². The SMILES string of the molecule is CCCCCC(C)C1CCC2C3CCC4C(C)(CC)C(Oc5cc(N)ccc5N)CCC4(C)C3CCC12C. The van der Waals surface area contributed by atoms with Crippen molar-refractivity contribution >= 4 is 11.4 Å². The number of rotatable bonds is 8. The van der Waals surface area contributed by atoms with Crippen LogP contribution in [0, 0.1) is 51.8 Å². The highest BCUT2D eigenvalue weighted by Gasteiger charge is 2.64. The number of ether oxygens (including phenoxy) is 1. The van der Waals surface area contributed by atoms with Crippen molar-refractivity contribution in [1.82, 2.24) is 0 Å². The van der Waals surface area contributed by atoms with E-state index in [2.05, 4.69) is 41.5 Å². The van der Waals surface area contributed by atoms with Crippen molar-refractivity contribution in [1.29, 1.82) is 0 Å². The summed E-state index contributed by atoms with van der Waals surface area (Å²) in [5.41, 5.74) is 15.1. The van der Waals surface area contributed by atoms with Gasteiger partial charge in [-0.05, 0) is 116 Å². The second kappa shape index (κ2) is 10.5. The lowest BCUT2D eigenvalue weighted by Crippen LogP contribution is -2.60. The predicted octanol–water partition coefficient (Wildman–Crippen LogP) is 9.50. The van der Waals surface area contributed by atoms with Crippen LogP contribution in [0.5, 0.6) is 5.75 Å². The maximum absolute atomic E-state index is 6.76. The highest BCUT2D eigenvalue weighted by Crippen LogP contribution is 2.71. The molecule has 0 amide bonds. The number of benzene rings is 1. The van der Waals surface area contributed by atoms with Crippen LogP contribution in [0.1, 0.15) is 125 Å². The minimum atomic E-state index is 0.168. The van der Waals surface area contributed by atoms with Gasteiger partial charge in [0.2, 0.25) is 0 Å². The van der Waals surface area contributed by atoms with Gasteiger partial charge in [0.15, 0.2) is 0 Å². The van der Waals surface area contributed by atoms with Gasteiger partial charge in [-0.1, -0.05) is 67.2 Å². The smallest absolute Gasteiger partial charge is 0.144 e. The molecule has 4 fully saturated rings. The fourth-order valence-corrected chi connectivity index (χ4v) is 11.3. The number of hydrogen-bond acceptors (Lipinski definition) is 3. The zero-order valence-electron chi connectivity index (χ0n) is 25.5. The van der Waals surface area contributed by atoms with Crippen LogP contribution in [0.25, 0.3) is 0 Å². The third kappa shape index (κ3) is 4.46. The molecule has 4 aliphatic rings. The topological polar surface area (TPSA) is 61.3 Å². The van der Waals surface area contributed by atoms with Gasteiger partial charge in [-0.25, -0.2) is 0 Å². The Morgan fingerprint density at radius 2 is 1.63 bits per heavy atom. The van der Waals surface area contributed by atoms with Crippen LogP contribution < -0.4 is 16.2 Å². The lowest BCUT2D eigenvalue weighted by molar-refractivity contribution is -0.180. The van der Waals surface area contributed by atoms with Gasteiger partial charge in [0.05, 0.1) is 5.69 Å². The van der Waals surface area contributed by atoms with Crippen molar-refractivity contribution in [3.8, 4) is 5.75 Å². The van der Waals surface area contributed by atoms with Crippen LogP contribution in [-0.2, 0) is 0 Å². The van der Waals surface area contributed by atoms with E-state index in [0.717, 1.165) is 59.8 Å². The molecule has 214 valence electrons. The first-order valence-corrected chi connectivity index (χ1v) is 16.4. The van der Waals surface area contributed by atoms with E-state index in [0.29, 0.717) is 16.5 Å². The molecular weight excluding hydrogens is 464 g/mol. The molecule has 3 heteroatoms. The van der Waals surface area contributed by atoms with Crippen molar-refractivity contribution in [3.05, 3.63) is 18.2 Å². The third-order valence-electron chi connectivity index (χ3n) is 13.4. The van der Waals surface area contributed by atoms with Gasteiger partial charge in [-0.15, -0.1) is 0 Å². The number of nitrogens with two attached hydrogens (primary N) is 2. The van der Waals surface area contributed by atoms with Crippen molar-refractivity contribution in [3.63, 3.8) is 0 Å². The first kappa shape index (κ1) is 28.2. The molecule has 10 atom stereocenters.